The predicted octanol–water partition coefficient (Wildman–Crippen LogP) is 1.05. The second-order valence-electron chi connectivity index (χ2n) is 7.90. The molecular weight excluding hydrogens is 600 g/mol. The number of aromatic nitrogens is 1. The smallest absolute Gasteiger partial charge is 0.328 e. The fraction of sp³-hybridized carbons (Fsp3) is 0.381. The lowest BCUT2D eigenvalue weighted by atomic mass is 10.1. The van der Waals surface area contributed by atoms with Crippen molar-refractivity contribution in [2.45, 2.75) is 25.2 Å². The molecule has 0 radical (unpaired) electrons. The average Bonchev–Trinajstić information content (AvgIpc) is 3.24. The monoisotopic (exact) mass is 621 g/mol. The normalized spacial score (nSPS) is 16.0. The Morgan fingerprint density at radius 1 is 1.32 bits per heavy atom. The number of urea groups is 1. The number of benzene rings is 1. The molecule has 0 bridgehead atoms. The van der Waals surface area contributed by atoms with Gasteiger partial charge in [0.2, 0.25) is 11.8 Å². The molecule has 1 aromatic carbocycles. The zero-order valence-electron chi connectivity index (χ0n) is 19.4. The number of aliphatic hydroxyl groups is 1. The molecule has 13 nitrogen and oxygen atoms in total. The van der Waals surface area contributed by atoms with Crippen LogP contribution in [0.1, 0.15) is 22.3 Å². The van der Waals surface area contributed by atoms with Crippen LogP contribution in [0.4, 0.5) is 18.6 Å². The van der Waals surface area contributed by atoms with Crippen LogP contribution in [0.2, 0.25) is 0 Å². The van der Waals surface area contributed by atoms with Gasteiger partial charge < -0.3 is 35.6 Å². The number of hydrogen-bond donors (Lipinski definition) is 5. The van der Waals surface area contributed by atoms with E-state index in [1.807, 2.05) is 0 Å². The molecule has 17 heteroatoms. The third kappa shape index (κ3) is 7.33. The molecule has 206 valence electrons. The number of aliphatic carboxylic acids is 1. The number of hydrogen-bond acceptors (Lipinski definition) is 9. The van der Waals surface area contributed by atoms with E-state index in [-0.39, 0.29) is 40.7 Å². The average molecular weight is 622 g/mol. The molecule has 2 atom stereocenters. The molecule has 1 aliphatic rings. The van der Waals surface area contributed by atoms with E-state index in [9.17, 15) is 38.2 Å². The minimum Gasteiger partial charge on any atom is -0.480 e. The van der Waals surface area contributed by atoms with Gasteiger partial charge in [0.05, 0.1) is 31.3 Å². The molecule has 0 saturated carbocycles. The van der Waals surface area contributed by atoms with Crippen LogP contribution in [-0.2, 0) is 20.9 Å². The number of ether oxygens (including phenoxy) is 2. The third-order valence-corrected chi connectivity index (χ3v) is 6.44. The van der Waals surface area contributed by atoms with Crippen molar-refractivity contribution < 1.29 is 47.6 Å². The number of nitrogens with zero attached hydrogens (tertiary/aromatic N) is 2. The van der Waals surface area contributed by atoms with Gasteiger partial charge in [0, 0.05) is 17.6 Å². The summed E-state index contributed by atoms with van der Waals surface area (Å²) in [7, 11) is 0. The van der Waals surface area contributed by atoms with Crippen LogP contribution in [0.5, 0.6) is 5.88 Å². The molecule has 3 rings (SSSR count). The molecule has 0 aliphatic carbocycles. The zero-order valence-corrected chi connectivity index (χ0v) is 21.8. The molecule has 6 N–H and O–H groups in total. The largest absolute Gasteiger partial charge is 0.480 e. The Hall–Kier alpha value is -3.41. The zero-order chi connectivity index (χ0) is 28.0. The Balaban J connectivity index is 1.56. The first-order valence-corrected chi connectivity index (χ1v) is 12.4. The summed E-state index contributed by atoms with van der Waals surface area (Å²) in [6.45, 7) is -0.985. The second kappa shape index (κ2) is 12.9. The molecule has 1 saturated heterocycles. The number of halogens is 3. The van der Waals surface area contributed by atoms with Crippen LogP contribution in [0, 0.1) is 11.6 Å². The summed E-state index contributed by atoms with van der Waals surface area (Å²) in [4.78, 5) is 49.0. The van der Waals surface area contributed by atoms with E-state index in [1.54, 1.807) is 0 Å². The molecule has 2 unspecified atom stereocenters. The van der Waals surface area contributed by atoms with E-state index in [1.165, 1.54) is 0 Å². The number of carbonyl (C=O) groups excluding carboxylic acids is 3. The van der Waals surface area contributed by atoms with Crippen molar-refractivity contribution in [3.05, 3.63) is 39.4 Å². The highest BCUT2D eigenvalue weighted by Gasteiger charge is 2.33. The predicted molar refractivity (Wildman–Crippen MR) is 131 cm³/mol. The summed E-state index contributed by atoms with van der Waals surface area (Å²) in [5.74, 6) is -5.05. The number of carboxylic acid groups (broad SMARTS) is 1. The van der Waals surface area contributed by atoms with E-state index >= 15 is 0 Å². The van der Waals surface area contributed by atoms with E-state index in [0.717, 1.165) is 17.0 Å². The van der Waals surface area contributed by atoms with Crippen LogP contribution < -0.4 is 21.1 Å². The maximum atomic E-state index is 14.0. The number of anilines is 1. The van der Waals surface area contributed by atoms with Crippen LogP contribution in [0.3, 0.4) is 0 Å². The maximum absolute atomic E-state index is 14.0. The number of carbonyl (C=O) groups is 4. The number of primary amides is 1. The van der Waals surface area contributed by atoms with Gasteiger partial charge in [-0.3, -0.25) is 14.9 Å². The fourth-order valence-corrected chi connectivity index (χ4v) is 4.52. The minimum absolute atomic E-state index is 0.0449. The highest BCUT2D eigenvalue weighted by atomic mass is 79.9. The summed E-state index contributed by atoms with van der Waals surface area (Å²) in [6, 6.07) is -0.00842. The van der Waals surface area contributed by atoms with Crippen LogP contribution in [0.25, 0.3) is 0 Å². The van der Waals surface area contributed by atoms with Gasteiger partial charge in [-0.2, -0.15) is 4.37 Å². The van der Waals surface area contributed by atoms with Crippen LogP contribution in [-0.4, -0.2) is 81.8 Å². The highest BCUT2D eigenvalue weighted by Crippen LogP contribution is 2.31. The number of nitrogens with two attached hydrogens (primary N) is 1. The summed E-state index contributed by atoms with van der Waals surface area (Å²) >= 11 is 3.57. The Labute approximate surface area is 226 Å². The molecule has 1 fully saturated rings. The van der Waals surface area contributed by atoms with Gasteiger partial charge in [0.25, 0.3) is 5.91 Å². The standard InChI is InChI=1S/C21H22BrF2N5O8S/c22-9-3-12(23)11(13(24)4-9)7-37-18-16(17(25)32)19(38-28-18)27-21(35)26-6-10(30)5-15(31)29-1-2-36-8-14(29)20(33)34/h3-4,10,14,30H,1-2,5-8H2,(H2,25,32)(H,33,34)(H2,26,27,35). The molecule has 2 aromatic rings. The molecule has 38 heavy (non-hydrogen) atoms. The lowest BCUT2D eigenvalue weighted by Crippen LogP contribution is -2.53. The first-order valence-electron chi connectivity index (χ1n) is 10.9. The Morgan fingerprint density at radius 3 is 2.63 bits per heavy atom. The van der Waals surface area contributed by atoms with Crippen molar-refractivity contribution in [2.75, 3.05) is 31.6 Å². The van der Waals surface area contributed by atoms with E-state index < -0.39 is 72.7 Å². The number of morpholine rings is 1. The van der Waals surface area contributed by atoms with Crippen molar-refractivity contribution in [1.82, 2.24) is 14.6 Å². The van der Waals surface area contributed by atoms with Crippen molar-refractivity contribution in [1.29, 1.82) is 0 Å². The third-order valence-electron chi connectivity index (χ3n) is 5.24. The van der Waals surface area contributed by atoms with Crippen LogP contribution in [0.15, 0.2) is 16.6 Å². The Bertz CT molecular complexity index is 1210. The number of carboxylic acids is 1. The second-order valence-corrected chi connectivity index (χ2v) is 9.59. The Kier molecular flexibility index (Phi) is 9.90. The number of rotatable bonds is 10. The molecule has 1 aromatic heterocycles. The first kappa shape index (κ1) is 29.2. The van der Waals surface area contributed by atoms with Gasteiger partial charge in [-0.05, 0) is 23.7 Å². The number of amides is 4. The van der Waals surface area contributed by atoms with Gasteiger partial charge in [-0.15, -0.1) is 0 Å². The molecular formula is C21H22BrF2N5O8S. The topological polar surface area (TPSA) is 193 Å². The molecule has 4 amide bonds. The lowest BCUT2D eigenvalue weighted by Gasteiger charge is -2.33. The van der Waals surface area contributed by atoms with Crippen LogP contribution >= 0.6 is 27.5 Å². The highest BCUT2D eigenvalue weighted by molar-refractivity contribution is 9.10. The van der Waals surface area contributed by atoms with E-state index in [4.69, 9.17) is 15.2 Å². The minimum atomic E-state index is -1.35. The number of aliphatic hydroxyl groups excluding tert-OH is 1. The maximum Gasteiger partial charge on any atom is 0.328 e. The summed E-state index contributed by atoms with van der Waals surface area (Å²) in [5, 5.41) is 23.8. The van der Waals surface area contributed by atoms with Crippen molar-refractivity contribution >= 4 is 56.3 Å². The van der Waals surface area contributed by atoms with Crippen molar-refractivity contribution in [2.24, 2.45) is 5.73 Å². The lowest BCUT2D eigenvalue weighted by molar-refractivity contribution is -0.159. The van der Waals surface area contributed by atoms with E-state index in [2.05, 4.69) is 30.9 Å². The van der Waals surface area contributed by atoms with Crippen molar-refractivity contribution in [3.63, 3.8) is 0 Å². The fourth-order valence-electron chi connectivity index (χ4n) is 3.38. The van der Waals surface area contributed by atoms with Gasteiger partial charge in [0.15, 0.2) is 6.04 Å². The van der Waals surface area contributed by atoms with Gasteiger partial charge in [-0.1, -0.05) is 15.9 Å². The summed E-state index contributed by atoms with van der Waals surface area (Å²) in [6.07, 6.45) is -1.81. The van der Waals surface area contributed by atoms with Gasteiger partial charge >= 0.3 is 12.0 Å². The van der Waals surface area contributed by atoms with Gasteiger partial charge in [-0.25, -0.2) is 18.4 Å². The van der Waals surface area contributed by atoms with E-state index in [0.29, 0.717) is 11.5 Å². The molecule has 2 heterocycles. The quantitative estimate of drug-likeness (QED) is 0.258. The van der Waals surface area contributed by atoms with Crippen molar-refractivity contribution in [3.8, 4) is 5.88 Å². The first-order chi connectivity index (χ1) is 18.0. The molecule has 0 spiro atoms. The molecule has 1 aliphatic heterocycles. The summed E-state index contributed by atoms with van der Waals surface area (Å²) < 4.78 is 42.4. The Morgan fingerprint density at radius 2 is 2.00 bits per heavy atom. The summed E-state index contributed by atoms with van der Waals surface area (Å²) in [5.41, 5.74) is 4.59. The van der Waals surface area contributed by atoms with Gasteiger partial charge in [0.1, 0.15) is 28.8 Å². The SMILES string of the molecule is NC(=O)c1c(OCc2c(F)cc(Br)cc2F)nsc1NC(=O)NCC(O)CC(=O)N1CCOCC1C(=O)O. The number of nitrogens with one attached hydrogen (secondary N) is 2.